The minimum atomic E-state index is -2.29. The Kier molecular flexibility index (Phi) is 11.6. The van der Waals surface area contributed by atoms with Gasteiger partial charge in [0.25, 0.3) is 0 Å². The molecule has 0 aliphatic rings. The molecule has 0 aliphatic carbocycles. The Bertz CT molecular complexity index is 53.3. The fourth-order valence-electron chi connectivity index (χ4n) is 0. The standard InChI is InChI=1S/Ba.H4N2O2S.2H/c;1-2-5(3)4;;/h;2H,1H2,(H,3,4);;/q+2;;2*-1/p-1. The second-order valence-electron chi connectivity index (χ2n) is 0.353. The molecule has 0 bridgehead atoms. The van der Waals surface area contributed by atoms with Crippen LogP contribution in [-0.4, -0.2) is 57.6 Å². The molecular formula is H5BaN2O2S-. The zero-order valence-electron chi connectivity index (χ0n) is 5.01. The largest absolute Gasteiger partial charge is 2.00 e. The maximum absolute atomic E-state index is 9.13. The van der Waals surface area contributed by atoms with Crippen molar-refractivity contribution in [3.8, 4) is 0 Å². The Morgan fingerprint density at radius 2 is 2.17 bits per heavy atom. The van der Waals surface area contributed by atoms with Gasteiger partial charge in [-0.2, -0.15) is 4.83 Å². The number of hydrazine groups is 1. The first-order valence-corrected chi connectivity index (χ1v) is 1.90. The summed E-state index contributed by atoms with van der Waals surface area (Å²) in [6.07, 6.45) is 0. The van der Waals surface area contributed by atoms with Crippen molar-refractivity contribution >= 4 is 60.1 Å². The summed E-state index contributed by atoms with van der Waals surface area (Å²) < 4.78 is 18.3. The van der Waals surface area contributed by atoms with Gasteiger partial charge in [-0.05, 0) is 0 Å². The molecule has 6 heteroatoms. The van der Waals surface area contributed by atoms with Crippen LogP contribution in [0.3, 0.4) is 0 Å². The first-order valence-electron chi connectivity index (χ1n) is 0.826. The zero-order chi connectivity index (χ0) is 4.28. The van der Waals surface area contributed by atoms with E-state index in [0.717, 1.165) is 0 Å². The van der Waals surface area contributed by atoms with Crippen molar-refractivity contribution in [2.45, 2.75) is 0 Å². The van der Waals surface area contributed by atoms with Crippen molar-refractivity contribution < 1.29 is 11.6 Å². The van der Waals surface area contributed by atoms with Gasteiger partial charge in [0, 0.05) is 11.3 Å². The van der Waals surface area contributed by atoms with Crippen LogP contribution in [0, 0.1) is 0 Å². The normalized spacial score (nSPS) is 12.3. The van der Waals surface area contributed by atoms with Crippen molar-refractivity contribution in [1.82, 2.24) is 4.83 Å². The minimum Gasteiger partial charge on any atom is -1.00 e. The molecule has 0 amide bonds. The third-order valence-corrected chi connectivity index (χ3v) is 0.289. The summed E-state index contributed by atoms with van der Waals surface area (Å²) in [5, 5.41) is 0. The number of hydrogen-bond acceptors (Lipinski definition) is 3. The van der Waals surface area contributed by atoms with E-state index in [1.54, 1.807) is 0 Å². The van der Waals surface area contributed by atoms with Gasteiger partial charge >= 0.3 is 48.9 Å². The van der Waals surface area contributed by atoms with Crippen molar-refractivity contribution in [2.75, 3.05) is 0 Å². The van der Waals surface area contributed by atoms with Crippen molar-refractivity contribution in [3.05, 3.63) is 0 Å². The molecule has 0 aliphatic heterocycles. The van der Waals surface area contributed by atoms with Gasteiger partial charge in [-0.25, -0.2) is 0 Å². The first-order chi connectivity index (χ1) is 2.27. The van der Waals surface area contributed by atoms with Crippen LogP contribution < -0.4 is 10.7 Å². The van der Waals surface area contributed by atoms with E-state index < -0.39 is 11.3 Å². The van der Waals surface area contributed by atoms with Gasteiger partial charge in [0.15, 0.2) is 0 Å². The van der Waals surface area contributed by atoms with Crippen LogP contribution in [0.1, 0.15) is 2.85 Å². The molecule has 0 aromatic rings. The minimum absolute atomic E-state index is 0. The average Bonchev–Trinajstić information content (AvgIpc) is 1.38. The van der Waals surface area contributed by atoms with Crippen LogP contribution in [0.25, 0.3) is 0 Å². The molecule has 0 fully saturated rings. The average molecular weight is 234 g/mol. The summed E-state index contributed by atoms with van der Waals surface area (Å²) in [4.78, 5) is 1.44. The summed E-state index contributed by atoms with van der Waals surface area (Å²) >= 11 is -2.29. The number of nitrogens with two attached hydrogens (primary N) is 1. The molecule has 3 N–H and O–H groups in total. The molecule has 4 nitrogen and oxygen atoms in total. The topological polar surface area (TPSA) is 78.2 Å². The molecule has 0 rings (SSSR count). The quantitative estimate of drug-likeness (QED) is 0.240. The van der Waals surface area contributed by atoms with E-state index in [-0.39, 0.29) is 51.7 Å². The maximum Gasteiger partial charge on any atom is 2.00 e. The Morgan fingerprint density at radius 3 is 2.17 bits per heavy atom. The summed E-state index contributed by atoms with van der Waals surface area (Å²) in [5.41, 5.74) is 0. The van der Waals surface area contributed by atoms with E-state index in [9.17, 15) is 0 Å². The number of rotatable bonds is 1. The molecule has 1 unspecified atom stereocenters. The van der Waals surface area contributed by atoms with E-state index in [0.29, 0.717) is 0 Å². The summed E-state index contributed by atoms with van der Waals surface area (Å²) in [6, 6.07) is 0. The van der Waals surface area contributed by atoms with Crippen LogP contribution in [0.2, 0.25) is 0 Å². The Labute approximate surface area is 81.3 Å². The van der Waals surface area contributed by atoms with Crippen molar-refractivity contribution in [3.63, 3.8) is 0 Å². The molecule has 0 radical (unpaired) electrons. The van der Waals surface area contributed by atoms with Crippen molar-refractivity contribution in [2.24, 2.45) is 5.84 Å². The smallest absolute Gasteiger partial charge is 1.00 e. The van der Waals surface area contributed by atoms with Crippen LogP contribution in [-0.2, 0) is 11.3 Å². The first kappa shape index (κ1) is 10.6. The fourth-order valence-corrected chi connectivity index (χ4v) is 0. The Morgan fingerprint density at radius 1 is 2.00 bits per heavy atom. The third kappa shape index (κ3) is 9.14. The molecule has 6 heavy (non-hydrogen) atoms. The van der Waals surface area contributed by atoms with Gasteiger partial charge in [-0.3, -0.25) is 10.1 Å². The number of nitrogens with one attached hydrogen (secondary N) is 1. The van der Waals surface area contributed by atoms with Crippen LogP contribution >= 0.6 is 0 Å². The zero-order valence-corrected chi connectivity index (χ0v) is 8.27. The molecule has 36 valence electrons. The summed E-state index contributed by atoms with van der Waals surface area (Å²) in [5.74, 6) is 4.31. The van der Waals surface area contributed by atoms with E-state index in [2.05, 4.69) is 5.84 Å². The molecule has 0 saturated carbocycles. The molecule has 0 heterocycles. The van der Waals surface area contributed by atoms with E-state index >= 15 is 0 Å². The monoisotopic (exact) mass is 235 g/mol. The number of hydrogen-bond donors (Lipinski definition) is 2. The SMILES string of the molecule is NNS(=O)[O-].[Ba+2].[H-].[H-]. The predicted molar refractivity (Wildman–Crippen MR) is 24.2 cm³/mol. The predicted octanol–water partition coefficient (Wildman–Crippen LogP) is -1.91. The van der Waals surface area contributed by atoms with Gasteiger partial charge < -0.3 is 7.41 Å². The molecule has 0 saturated heterocycles. The second kappa shape index (κ2) is 6.60. The Balaban J connectivity index is -0.0000000267. The van der Waals surface area contributed by atoms with Crippen LogP contribution in [0.4, 0.5) is 0 Å². The molecule has 1 atom stereocenters. The Hall–Kier alpha value is 1.60. The molecule has 0 spiro atoms. The van der Waals surface area contributed by atoms with Crippen molar-refractivity contribution in [1.29, 1.82) is 0 Å². The van der Waals surface area contributed by atoms with Crippen LogP contribution in [0.5, 0.6) is 0 Å². The maximum atomic E-state index is 9.13. The summed E-state index contributed by atoms with van der Waals surface area (Å²) in [6.45, 7) is 0. The van der Waals surface area contributed by atoms with Crippen LogP contribution in [0.15, 0.2) is 0 Å². The van der Waals surface area contributed by atoms with E-state index in [4.69, 9.17) is 8.76 Å². The van der Waals surface area contributed by atoms with Gasteiger partial charge in [-0.1, -0.05) is 0 Å². The van der Waals surface area contributed by atoms with Gasteiger partial charge in [0.05, 0.1) is 0 Å². The molecular weight excluding hydrogens is 229 g/mol. The molecule has 0 aromatic carbocycles. The fraction of sp³-hybridized carbons (Fsp3) is 0. The molecule has 0 aromatic heterocycles. The van der Waals surface area contributed by atoms with Gasteiger partial charge in [0.2, 0.25) is 0 Å². The van der Waals surface area contributed by atoms with E-state index in [1.807, 2.05) is 0 Å². The second-order valence-corrected chi connectivity index (χ2v) is 1.06. The summed E-state index contributed by atoms with van der Waals surface area (Å²) in [7, 11) is 0. The van der Waals surface area contributed by atoms with Gasteiger partial charge in [-0.15, -0.1) is 0 Å². The van der Waals surface area contributed by atoms with Gasteiger partial charge in [0.1, 0.15) is 0 Å². The van der Waals surface area contributed by atoms with E-state index in [1.165, 1.54) is 4.83 Å². The third-order valence-electron chi connectivity index (χ3n) is 0.0962.